The first-order valence-corrected chi connectivity index (χ1v) is 8.43. The molecular formula is C20H22N2O3. The number of amides is 2. The Hall–Kier alpha value is -2.82. The minimum atomic E-state index is -0.169. The van der Waals surface area contributed by atoms with Gasteiger partial charge in [0.25, 0.3) is 5.91 Å². The Kier molecular flexibility index (Phi) is 4.74. The first-order chi connectivity index (χ1) is 11.9. The first-order valence-electron chi connectivity index (χ1n) is 8.43. The van der Waals surface area contributed by atoms with Gasteiger partial charge >= 0.3 is 0 Å². The van der Waals surface area contributed by atoms with Crippen LogP contribution in [0.5, 0.6) is 5.75 Å². The van der Waals surface area contributed by atoms with E-state index < -0.39 is 0 Å². The van der Waals surface area contributed by atoms with Gasteiger partial charge in [0.2, 0.25) is 5.91 Å². The molecule has 0 fully saturated rings. The van der Waals surface area contributed by atoms with Crippen molar-refractivity contribution >= 4 is 23.2 Å². The molecule has 1 aliphatic heterocycles. The van der Waals surface area contributed by atoms with Crippen LogP contribution in [0.2, 0.25) is 0 Å². The van der Waals surface area contributed by atoms with Crippen molar-refractivity contribution < 1.29 is 14.3 Å². The highest BCUT2D eigenvalue weighted by molar-refractivity contribution is 6.04. The van der Waals surface area contributed by atoms with Crippen molar-refractivity contribution in [3.63, 3.8) is 0 Å². The van der Waals surface area contributed by atoms with Crippen LogP contribution in [0.15, 0.2) is 42.5 Å². The standard InChI is InChI=1S/C20H22N2O3/c1-13(2)25-18-7-4-15(5-8-18)20(24)21-17-6-9-19-16(12-17)10-11-22(19)14(3)23/h4-9,12-13H,10-11H2,1-3H3,(H,21,24). The van der Waals surface area contributed by atoms with Crippen molar-refractivity contribution in [1.82, 2.24) is 0 Å². The molecule has 0 bridgehead atoms. The summed E-state index contributed by atoms with van der Waals surface area (Å²) in [5.74, 6) is 0.616. The topological polar surface area (TPSA) is 58.6 Å². The fourth-order valence-electron chi connectivity index (χ4n) is 2.97. The third-order valence-corrected chi connectivity index (χ3v) is 4.10. The van der Waals surface area contributed by atoms with E-state index in [1.54, 1.807) is 36.1 Å². The molecule has 0 saturated heterocycles. The zero-order valence-corrected chi connectivity index (χ0v) is 14.7. The zero-order valence-electron chi connectivity index (χ0n) is 14.7. The number of ether oxygens (including phenoxy) is 1. The van der Waals surface area contributed by atoms with Gasteiger partial charge in [0.15, 0.2) is 0 Å². The lowest BCUT2D eigenvalue weighted by Crippen LogP contribution is -2.25. The van der Waals surface area contributed by atoms with Gasteiger partial charge in [0.1, 0.15) is 5.75 Å². The summed E-state index contributed by atoms with van der Waals surface area (Å²) in [7, 11) is 0. The Balaban J connectivity index is 1.70. The van der Waals surface area contributed by atoms with E-state index in [1.807, 2.05) is 32.0 Å². The molecule has 1 aliphatic rings. The summed E-state index contributed by atoms with van der Waals surface area (Å²) in [6.07, 6.45) is 0.903. The van der Waals surface area contributed by atoms with Crippen LogP contribution in [0.3, 0.4) is 0 Å². The van der Waals surface area contributed by atoms with Crippen molar-refractivity contribution in [1.29, 1.82) is 0 Å². The van der Waals surface area contributed by atoms with Crippen molar-refractivity contribution in [2.45, 2.75) is 33.3 Å². The van der Waals surface area contributed by atoms with Gasteiger partial charge in [-0.05, 0) is 68.3 Å². The van der Waals surface area contributed by atoms with E-state index in [-0.39, 0.29) is 17.9 Å². The predicted molar refractivity (Wildman–Crippen MR) is 98.3 cm³/mol. The van der Waals surface area contributed by atoms with E-state index in [1.165, 1.54) is 0 Å². The smallest absolute Gasteiger partial charge is 0.255 e. The summed E-state index contributed by atoms with van der Waals surface area (Å²) in [6.45, 7) is 6.18. The highest BCUT2D eigenvalue weighted by atomic mass is 16.5. The van der Waals surface area contributed by atoms with Crippen molar-refractivity contribution in [2.24, 2.45) is 0 Å². The Labute approximate surface area is 147 Å². The molecular weight excluding hydrogens is 316 g/mol. The third-order valence-electron chi connectivity index (χ3n) is 4.10. The molecule has 0 atom stereocenters. The molecule has 2 amide bonds. The van der Waals surface area contributed by atoms with Gasteiger partial charge in [-0.1, -0.05) is 0 Å². The molecule has 1 N–H and O–H groups in total. The molecule has 25 heavy (non-hydrogen) atoms. The monoisotopic (exact) mass is 338 g/mol. The van der Waals surface area contributed by atoms with Gasteiger partial charge in [-0.3, -0.25) is 9.59 Å². The number of hydrogen-bond acceptors (Lipinski definition) is 3. The van der Waals surface area contributed by atoms with Crippen molar-refractivity contribution in [3.05, 3.63) is 53.6 Å². The lowest BCUT2D eigenvalue weighted by atomic mass is 10.1. The summed E-state index contributed by atoms with van der Waals surface area (Å²) in [5, 5.41) is 2.91. The summed E-state index contributed by atoms with van der Waals surface area (Å²) < 4.78 is 5.58. The average Bonchev–Trinajstić information content (AvgIpc) is 2.98. The molecule has 0 radical (unpaired) electrons. The fraction of sp³-hybridized carbons (Fsp3) is 0.300. The van der Waals surface area contributed by atoms with Crippen LogP contribution in [-0.2, 0) is 11.2 Å². The highest BCUT2D eigenvalue weighted by Crippen LogP contribution is 2.30. The number of benzene rings is 2. The number of nitrogens with zero attached hydrogens (tertiary/aromatic N) is 1. The lowest BCUT2D eigenvalue weighted by molar-refractivity contribution is -0.116. The lowest BCUT2D eigenvalue weighted by Gasteiger charge is -2.15. The maximum atomic E-state index is 12.4. The van der Waals surface area contributed by atoms with E-state index in [2.05, 4.69) is 5.32 Å². The van der Waals surface area contributed by atoms with E-state index in [9.17, 15) is 9.59 Å². The fourth-order valence-corrected chi connectivity index (χ4v) is 2.97. The first kappa shape index (κ1) is 17.0. The second kappa shape index (κ2) is 6.97. The normalized spacial score (nSPS) is 12.9. The Bertz CT molecular complexity index is 797. The molecule has 2 aromatic carbocycles. The molecule has 5 nitrogen and oxygen atoms in total. The number of carbonyl (C=O) groups is 2. The van der Waals surface area contributed by atoms with Crippen LogP contribution in [0, 0.1) is 0 Å². The second-order valence-corrected chi connectivity index (χ2v) is 6.41. The van der Waals surface area contributed by atoms with Gasteiger partial charge in [0.05, 0.1) is 6.10 Å². The molecule has 0 unspecified atom stereocenters. The van der Waals surface area contributed by atoms with E-state index >= 15 is 0 Å². The SMILES string of the molecule is CC(=O)N1CCc2cc(NC(=O)c3ccc(OC(C)C)cc3)ccc21. The van der Waals surface area contributed by atoms with E-state index in [0.717, 1.165) is 29.1 Å². The molecule has 0 saturated carbocycles. The molecule has 5 heteroatoms. The van der Waals surface area contributed by atoms with Gasteiger partial charge < -0.3 is 15.0 Å². The highest BCUT2D eigenvalue weighted by Gasteiger charge is 2.22. The Morgan fingerprint density at radius 2 is 1.84 bits per heavy atom. The summed E-state index contributed by atoms with van der Waals surface area (Å²) in [4.78, 5) is 25.8. The van der Waals surface area contributed by atoms with Crippen molar-refractivity contribution in [2.75, 3.05) is 16.8 Å². The predicted octanol–water partition coefficient (Wildman–Crippen LogP) is 3.64. The molecule has 3 rings (SSSR count). The molecule has 0 spiro atoms. The number of rotatable bonds is 4. The zero-order chi connectivity index (χ0) is 18.0. The van der Waals surface area contributed by atoms with E-state index in [4.69, 9.17) is 4.74 Å². The quantitative estimate of drug-likeness (QED) is 0.926. The van der Waals surface area contributed by atoms with Crippen LogP contribution in [0.4, 0.5) is 11.4 Å². The summed E-state index contributed by atoms with van der Waals surface area (Å²) >= 11 is 0. The average molecular weight is 338 g/mol. The minimum Gasteiger partial charge on any atom is -0.491 e. The van der Waals surface area contributed by atoms with Crippen LogP contribution >= 0.6 is 0 Å². The van der Waals surface area contributed by atoms with Crippen LogP contribution < -0.4 is 15.0 Å². The number of carbonyl (C=O) groups excluding carboxylic acids is 2. The number of anilines is 2. The van der Waals surface area contributed by atoms with Crippen molar-refractivity contribution in [3.8, 4) is 5.75 Å². The second-order valence-electron chi connectivity index (χ2n) is 6.41. The summed E-state index contributed by atoms with van der Waals surface area (Å²) in [5.41, 5.74) is 3.31. The maximum absolute atomic E-state index is 12.4. The molecule has 1 heterocycles. The molecule has 0 aliphatic carbocycles. The maximum Gasteiger partial charge on any atom is 0.255 e. The number of fused-ring (bicyclic) bond motifs is 1. The van der Waals surface area contributed by atoms with Gasteiger partial charge in [-0.25, -0.2) is 0 Å². The Morgan fingerprint density at radius 1 is 1.12 bits per heavy atom. The molecule has 0 aromatic heterocycles. The largest absolute Gasteiger partial charge is 0.491 e. The van der Waals surface area contributed by atoms with Gasteiger partial charge in [0, 0.05) is 30.4 Å². The summed E-state index contributed by atoms with van der Waals surface area (Å²) in [6, 6.07) is 12.7. The van der Waals surface area contributed by atoms with Crippen LogP contribution in [0.1, 0.15) is 36.7 Å². The third kappa shape index (κ3) is 3.82. The van der Waals surface area contributed by atoms with Gasteiger partial charge in [-0.15, -0.1) is 0 Å². The van der Waals surface area contributed by atoms with E-state index in [0.29, 0.717) is 12.1 Å². The van der Waals surface area contributed by atoms with Gasteiger partial charge in [-0.2, -0.15) is 0 Å². The Morgan fingerprint density at radius 3 is 2.48 bits per heavy atom. The molecule has 2 aromatic rings. The minimum absolute atomic E-state index is 0.0410. The number of nitrogens with one attached hydrogen (secondary N) is 1. The van der Waals surface area contributed by atoms with Crippen LogP contribution in [-0.4, -0.2) is 24.5 Å². The van der Waals surface area contributed by atoms with Crippen LogP contribution in [0.25, 0.3) is 0 Å². The molecule has 130 valence electrons. The number of hydrogen-bond donors (Lipinski definition) is 1.